The molecular weight excluding hydrogens is 254 g/mol. The van der Waals surface area contributed by atoms with Crippen molar-refractivity contribution in [3.63, 3.8) is 0 Å². The van der Waals surface area contributed by atoms with Gasteiger partial charge in [0.25, 0.3) is 5.91 Å². The van der Waals surface area contributed by atoms with Crippen molar-refractivity contribution in [2.24, 2.45) is 5.73 Å². The second-order valence-corrected chi connectivity index (χ2v) is 5.23. The molecule has 0 aliphatic carbocycles. The van der Waals surface area contributed by atoms with E-state index < -0.39 is 6.04 Å². The second kappa shape index (κ2) is 6.05. The average Bonchev–Trinajstić information content (AvgIpc) is 2.43. The van der Waals surface area contributed by atoms with Crippen LogP contribution in [0.1, 0.15) is 35.7 Å². The zero-order valence-corrected chi connectivity index (χ0v) is 12.0. The number of likely N-dealkylation sites (N-methyl/N-ethyl adjacent to an activating group) is 1. The molecule has 0 bridgehead atoms. The number of nitrogens with one attached hydrogen (secondary N) is 1. The molecule has 0 spiro atoms. The number of hydrogen-bond acceptors (Lipinski definition) is 3. The fourth-order valence-corrected chi connectivity index (χ4v) is 2.34. The zero-order chi connectivity index (χ0) is 14.7. The Morgan fingerprint density at radius 3 is 2.95 bits per heavy atom. The maximum absolute atomic E-state index is 12.1. The van der Waals surface area contributed by atoms with Crippen LogP contribution in [0.3, 0.4) is 0 Å². The molecule has 3 N–H and O–H groups in total. The van der Waals surface area contributed by atoms with Crippen LogP contribution < -0.4 is 11.1 Å². The van der Waals surface area contributed by atoms with Crippen molar-refractivity contribution in [3.05, 3.63) is 29.3 Å². The molecule has 5 heteroatoms. The minimum absolute atomic E-state index is 0.000190. The van der Waals surface area contributed by atoms with Gasteiger partial charge in [-0.15, -0.1) is 0 Å². The minimum Gasteiger partial charge on any atom is -0.341 e. The van der Waals surface area contributed by atoms with Crippen LogP contribution in [-0.4, -0.2) is 36.3 Å². The minimum atomic E-state index is -0.505. The van der Waals surface area contributed by atoms with E-state index in [9.17, 15) is 9.59 Å². The molecule has 0 aromatic heterocycles. The van der Waals surface area contributed by atoms with E-state index in [0.29, 0.717) is 17.7 Å². The van der Waals surface area contributed by atoms with Crippen LogP contribution in [0.5, 0.6) is 0 Å². The van der Waals surface area contributed by atoms with E-state index in [1.54, 1.807) is 18.0 Å². The van der Waals surface area contributed by atoms with Crippen LogP contribution in [0.15, 0.2) is 18.2 Å². The van der Waals surface area contributed by atoms with Crippen molar-refractivity contribution in [1.82, 2.24) is 4.90 Å². The molecule has 2 rings (SSSR count). The summed E-state index contributed by atoms with van der Waals surface area (Å²) < 4.78 is 0. The summed E-state index contributed by atoms with van der Waals surface area (Å²) in [5, 5.41) is 2.78. The lowest BCUT2D eigenvalue weighted by molar-refractivity contribution is -0.117. The standard InChI is InChI=1S/C15H21N3O2/c1-3-4-13(16)14(19)17-11-6-5-10-7-8-18(2)15(20)12(10)9-11/h5-6,9,13H,3-4,7-8,16H2,1-2H3,(H,17,19). The molecule has 0 saturated heterocycles. The first-order valence-corrected chi connectivity index (χ1v) is 6.97. The number of amides is 2. The van der Waals surface area contributed by atoms with Gasteiger partial charge in [0.2, 0.25) is 5.91 Å². The maximum atomic E-state index is 12.1. The van der Waals surface area contributed by atoms with Crippen LogP contribution in [-0.2, 0) is 11.2 Å². The number of anilines is 1. The van der Waals surface area contributed by atoms with Crippen LogP contribution in [0.25, 0.3) is 0 Å². The van der Waals surface area contributed by atoms with Crippen LogP contribution >= 0.6 is 0 Å². The van der Waals surface area contributed by atoms with Crippen molar-refractivity contribution in [1.29, 1.82) is 0 Å². The predicted octanol–water partition coefficient (Wildman–Crippen LogP) is 1.38. The van der Waals surface area contributed by atoms with Crippen LogP contribution in [0, 0.1) is 0 Å². The van der Waals surface area contributed by atoms with Crippen LogP contribution in [0.4, 0.5) is 5.69 Å². The van der Waals surface area contributed by atoms with Crippen molar-refractivity contribution in [3.8, 4) is 0 Å². The third-order valence-corrected chi connectivity index (χ3v) is 3.61. The highest BCUT2D eigenvalue weighted by molar-refractivity contribution is 6.00. The van der Waals surface area contributed by atoms with E-state index in [2.05, 4.69) is 5.32 Å². The number of hydrogen-bond donors (Lipinski definition) is 2. The van der Waals surface area contributed by atoms with Gasteiger partial charge in [0.05, 0.1) is 6.04 Å². The molecule has 1 aliphatic heterocycles. The van der Waals surface area contributed by atoms with Crippen molar-refractivity contribution in [2.75, 3.05) is 18.9 Å². The summed E-state index contributed by atoms with van der Waals surface area (Å²) in [5.74, 6) is -0.205. The van der Waals surface area contributed by atoms with Crippen molar-refractivity contribution >= 4 is 17.5 Å². The number of carbonyl (C=O) groups excluding carboxylic acids is 2. The third-order valence-electron chi connectivity index (χ3n) is 3.61. The first kappa shape index (κ1) is 14.5. The highest BCUT2D eigenvalue weighted by Gasteiger charge is 2.22. The van der Waals surface area contributed by atoms with Crippen molar-refractivity contribution in [2.45, 2.75) is 32.2 Å². The first-order valence-electron chi connectivity index (χ1n) is 6.97. The van der Waals surface area contributed by atoms with E-state index in [1.165, 1.54) is 0 Å². The van der Waals surface area contributed by atoms with Gasteiger partial charge in [-0.2, -0.15) is 0 Å². The molecular formula is C15H21N3O2. The third kappa shape index (κ3) is 2.99. The summed E-state index contributed by atoms with van der Waals surface area (Å²) in [6, 6.07) is 4.97. The molecule has 0 fully saturated rings. The summed E-state index contributed by atoms with van der Waals surface area (Å²) in [6.07, 6.45) is 2.36. The number of benzene rings is 1. The lowest BCUT2D eigenvalue weighted by atomic mass is 9.98. The topological polar surface area (TPSA) is 75.4 Å². The molecule has 2 amide bonds. The van der Waals surface area contributed by atoms with E-state index >= 15 is 0 Å². The fraction of sp³-hybridized carbons (Fsp3) is 0.467. The lowest BCUT2D eigenvalue weighted by Crippen LogP contribution is -2.36. The number of nitrogens with two attached hydrogens (primary N) is 1. The molecule has 0 radical (unpaired) electrons. The van der Waals surface area contributed by atoms with Gasteiger partial charge < -0.3 is 16.0 Å². The molecule has 1 aliphatic rings. The van der Waals surface area contributed by atoms with Gasteiger partial charge in [0, 0.05) is 24.8 Å². The highest BCUT2D eigenvalue weighted by atomic mass is 16.2. The summed E-state index contributed by atoms with van der Waals surface area (Å²) in [4.78, 5) is 25.7. The quantitative estimate of drug-likeness (QED) is 0.871. The number of nitrogens with zero attached hydrogens (tertiary/aromatic N) is 1. The van der Waals surface area contributed by atoms with Gasteiger partial charge in [0.15, 0.2) is 0 Å². The number of fused-ring (bicyclic) bond motifs is 1. The number of rotatable bonds is 4. The summed E-state index contributed by atoms with van der Waals surface area (Å²) in [6.45, 7) is 2.72. The monoisotopic (exact) mass is 275 g/mol. The first-order chi connectivity index (χ1) is 9.52. The Labute approximate surface area is 119 Å². The second-order valence-electron chi connectivity index (χ2n) is 5.23. The molecule has 1 heterocycles. The Morgan fingerprint density at radius 2 is 2.25 bits per heavy atom. The Kier molecular flexibility index (Phi) is 4.39. The van der Waals surface area contributed by atoms with Gasteiger partial charge in [0.1, 0.15) is 0 Å². The van der Waals surface area contributed by atoms with Crippen molar-refractivity contribution < 1.29 is 9.59 Å². The Balaban J connectivity index is 2.15. The SMILES string of the molecule is CCCC(N)C(=O)Nc1ccc2c(c1)C(=O)N(C)CC2. The Bertz CT molecular complexity index is 528. The van der Waals surface area contributed by atoms with Gasteiger partial charge in [-0.05, 0) is 30.5 Å². The molecule has 0 saturated carbocycles. The average molecular weight is 275 g/mol. The molecule has 1 unspecified atom stereocenters. The summed E-state index contributed by atoms with van der Waals surface area (Å²) in [7, 11) is 1.79. The molecule has 20 heavy (non-hydrogen) atoms. The molecule has 1 aromatic carbocycles. The largest absolute Gasteiger partial charge is 0.341 e. The molecule has 1 aromatic rings. The van der Waals surface area contributed by atoms with Gasteiger partial charge in [-0.1, -0.05) is 19.4 Å². The fourth-order valence-electron chi connectivity index (χ4n) is 2.34. The normalized spacial score (nSPS) is 15.8. The summed E-state index contributed by atoms with van der Waals surface area (Å²) in [5.41, 5.74) is 8.10. The zero-order valence-electron chi connectivity index (χ0n) is 12.0. The van der Waals surface area contributed by atoms with Gasteiger partial charge in [-0.3, -0.25) is 9.59 Å². The molecule has 108 valence electrons. The Hall–Kier alpha value is -1.88. The van der Waals surface area contributed by atoms with E-state index in [1.807, 2.05) is 19.1 Å². The highest BCUT2D eigenvalue weighted by Crippen LogP contribution is 2.22. The predicted molar refractivity (Wildman–Crippen MR) is 78.6 cm³/mol. The summed E-state index contributed by atoms with van der Waals surface area (Å²) >= 11 is 0. The van der Waals surface area contributed by atoms with Gasteiger partial charge >= 0.3 is 0 Å². The maximum Gasteiger partial charge on any atom is 0.253 e. The van der Waals surface area contributed by atoms with E-state index in [4.69, 9.17) is 5.73 Å². The molecule has 1 atom stereocenters. The lowest BCUT2D eigenvalue weighted by Gasteiger charge is -2.25. The van der Waals surface area contributed by atoms with Crippen LogP contribution in [0.2, 0.25) is 0 Å². The van der Waals surface area contributed by atoms with Gasteiger partial charge in [-0.25, -0.2) is 0 Å². The Morgan fingerprint density at radius 1 is 1.50 bits per heavy atom. The number of carbonyl (C=O) groups is 2. The molecule has 5 nitrogen and oxygen atoms in total. The van der Waals surface area contributed by atoms with E-state index in [0.717, 1.165) is 24.9 Å². The van der Waals surface area contributed by atoms with E-state index in [-0.39, 0.29) is 11.8 Å². The smallest absolute Gasteiger partial charge is 0.253 e.